The summed E-state index contributed by atoms with van der Waals surface area (Å²) in [4.78, 5) is 0. The molecule has 0 spiro atoms. The summed E-state index contributed by atoms with van der Waals surface area (Å²) < 4.78 is 7.87. The van der Waals surface area contributed by atoms with Crippen molar-refractivity contribution in [1.29, 1.82) is 0 Å². The first-order valence-corrected chi connectivity index (χ1v) is 4.96. The Labute approximate surface area is 84.4 Å². The standard InChI is InChI=1S/C11H16N2O/c1-8(2)14-11-9(3)12-7-10-5-4-6-13(10)11/h4-6,8,12H,7H2,1-3H3. The first-order valence-electron chi connectivity index (χ1n) is 4.96. The topological polar surface area (TPSA) is 26.2 Å². The Kier molecular flexibility index (Phi) is 2.23. The lowest BCUT2D eigenvalue weighted by molar-refractivity contribution is 0.182. The molecule has 0 aliphatic carbocycles. The highest BCUT2D eigenvalue weighted by molar-refractivity contribution is 5.46. The van der Waals surface area contributed by atoms with Crippen molar-refractivity contribution in [3.8, 4) is 0 Å². The normalized spacial score (nSPS) is 15.4. The van der Waals surface area contributed by atoms with Crippen LogP contribution in [-0.4, -0.2) is 10.7 Å². The number of ether oxygens (including phenoxy) is 1. The summed E-state index contributed by atoms with van der Waals surface area (Å²) in [6, 6.07) is 4.14. The first kappa shape index (κ1) is 9.19. The van der Waals surface area contributed by atoms with E-state index in [-0.39, 0.29) is 6.10 Å². The Bertz CT molecular complexity index is 363. The Morgan fingerprint density at radius 1 is 1.50 bits per heavy atom. The molecule has 0 atom stereocenters. The molecule has 1 aromatic heterocycles. The minimum Gasteiger partial charge on any atom is -0.475 e. The zero-order valence-electron chi connectivity index (χ0n) is 8.87. The lowest BCUT2D eigenvalue weighted by Gasteiger charge is -2.24. The van der Waals surface area contributed by atoms with Crippen molar-refractivity contribution in [2.75, 3.05) is 0 Å². The van der Waals surface area contributed by atoms with Gasteiger partial charge in [0.2, 0.25) is 5.88 Å². The number of allylic oxidation sites excluding steroid dienone is 1. The van der Waals surface area contributed by atoms with Gasteiger partial charge in [0.05, 0.1) is 18.3 Å². The average molecular weight is 192 g/mol. The highest BCUT2D eigenvalue weighted by Crippen LogP contribution is 2.21. The number of nitrogens with zero attached hydrogens (tertiary/aromatic N) is 1. The third-order valence-electron chi connectivity index (χ3n) is 2.25. The summed E-state index contributed by atoms with van der Waals surface area (Å²) >= 11 is 0. The van der Waals surface area contributed by atoms with E-state index in [1.165, 1.54) is 5.69 Å². The summed E-state index contributed by atoms with van der Waals surface area (Å²) in [5, 5.41) is 3.31. The number of fused-ring (bicyclic) bond motifs is 1. The molecule has 1 N–H and O–H groups in total. The second-order valence-corrected chi connectivity index (χ2v) is 3.82. The van der Waals surface area contributed by atoms with Crippen molar-refractivity contribution in [2.45, 2.75) is 33.4 Å². The molecule has 0 unspecified atom stereocenters. The smallest absolute Gasteiger partial charge is 0.217 e. The lowest BCUT2D eigenvalue weighted by Crippen LogP contribution is -2.24. The Morgan fingerprint density at radius 2 is 2.29 bits per heavy atom. The van der Waals surface area contributed by atoms with Gasteiger partial charge in [0.1, 0.15) is 0 Å². The zero-order valence-corrected chi connectivity index (χ0v) is 8.87. The highest BCUT2D eigenvalue weighted by Gasteiger charge is 2.16. The van der Waals surface area contributed by atoms with Crippen molar-refractivity contribution in [2.24, 2.45) is 0 Å². The molecule has 3 nitrogen and oxygen atoms in total. The average Bonchev–Trinajstić information content (AvgIpc) is 2.57. The van der Waals surface area contributed by atoms with E-state index in [1.807, 2.05) is 33.0 Å². The molecular formula is C11H16N2O. The molecular weight excluding hydrogens is 176 g/mol. The molecule has 2 rings (SSSR count). The fraction of sp³-hybridized carbons (Fsp3) is 0.455. The van der Waals surface area contributed by atoms with E-state index in [9.17, 15) is 0 Å². The van der Waals surface area contributed by atoms with Crippen LogP contribution in [0.2, 0.25) is 0 Å². The minimum absolute atomic E-state index is 0.204. The third kappa shape index (κ3) is 1.50. The number of hydrogen-bond donors (Lipinski definition) is 1. The SMILES string of the molecule is CC1=C(OC(C)C)n2cccc2CN1. The van der Waals surface area contributed by atoms with Crippen LogP contribution in [-0.2, 0) is 11.3 Å². The molecule has 0 fully saturated rings. The van der Waals surface area contributed by atoms with Crippen LogP contribution in [0.25, 0.3) is 5.88 Å². The van der Waals surface area contributed by atoms with Crippen LogP contribution in [0, 0.1) is 0 Å². The van der Waals surface area contributed by atoms with Crippen molar-refractivity contribution in [3.05, 3.63) is 29.7 Å². The minimum atomic E-state index is 0.204. The van der Waals surface area contributed by atoms with Gasteiger partial charge in [-0.05, 0) is 32.9 Å². The molecule has 3 heteroatoms. The fourth-order valence-corrected chi connectivity index (χ4v) is 1.61. The van der Waals surface area contributed by atoms with Gasteiger partial charge in [-0.3, -0.25) is 4.57 Å². The molecule has 0 bridgehead atoms. The molecule has 76 valence electrons. The number of aromatic nitrogens is 1. The van der Waals surface area contributed by atoms with Crippen LogP contribution in [0.1, 0.15) is 26.5 Å². The van der Waals surface area contributed by atoms with E-state index in [0.717, 1.165) is 18.1 Å². The van der Waals surface area contributed by atoms with Crippen LogP contribution in [0.4, 0.5) is 0 Å². The van der Waals surface area contributed by atoms with Crippen molar-refractivity contribution >= 4 is 5.88 Å². The number of hydrogen-bond acceptors (Lipinski definition) is 2. The van der Waals surface area contributed by atoms with Crippen molar-refractivity contribution < 1.29 is 4.74 Å². The van der Waals surface area contributed by atoms with E-state index in [4.69, 9.17) is 4.74 Å². The maximum absolute atomic E-state index is 5.77. The van der Waals surface area contributed by atoms with Gasteiger partial charge in [-0.2, -0.15) is 0 Å². The molecule has 0 saturated carbocycles. The highest BCUT2D eigenvalue weighted by atomic mass is 16.5. The second-order valence-electron chi connectivity index (χ2n) is 3.82. The Balaban J connectivity index is 2.36. The predicted molar refractivity (Wildman–Crippen MR) is 56.4 cm³/mol. The predicted octanol–water partition coefficient (Wildman–Crippen LogP) is 2.16. The molecule has 1 aliphatic heterocycles. The summed E-state index contributed by atoms with van der Waals surface area (Å²) in [5.74, 6) is 0.922. The summed E-state index contributed by atoms with van der Waals surface area (Å²) in [6.45, 7) is 7.00. The molecule has 0 saturated heterocycles. The van der Waals surface area contributed by atoms with Crippen LogP contribution in [0.5, 0.6) is 0 Å². The van der Waals surface area contributed by atoms with Gasteiger partial charge in [0, 0.05) is 11.9 Å². The first-order chi connectivity index (χ1) is 6.68. The number of nitrogens with one attached hydrogen (secondary N) is 1. The molecule has 14 heavy (non-hydrogen) atoms. The Hall–Kier alpha value is -1.38. The van der Waals surface area contributed by atoms with Gasteiger partial charge in [0.25, 0.3) is 0 Å². The van der Waals surface area contributed by atoms with E-state index in [2.05, 4.69) is 16.0 Å². The number of rotatable bonds is 2. The molecule has 2 heterocycles. The van der Waals surface area contributed by atoms with E-state index < -0.39 is 0 Å². The van der Waals surface area contributed by atoms with Crippen LogP contribution >= 0.6 is 0 Å². The summed E-state index contributed by atoms with van der Waals surface area (Å²) in [5.41, 5.74) is 2.34. The van der Waals surface area contributed by atoms with Crippen molar-refractivity contribution in [3.63, 3.8) is 0 Å². The van der Waals surface area contributed by atoms with Crippen molar-refractivity contribution in [1.82, 2.24) is 9.88 Å². The van der Waals surface area contributed by atoms with Gasteiger partial charge in [-0.1, -0.05) is 0 Å². The van der Waals surface area contributed by atoms with Crippen LogP contribution < -0.4 is 5.32 Å². The molecule has 0 radical (unpaired) electrons. The maximum atomic E-state index is 5.77. The molecule has 0 amide bonds. The largest absolute Gasteiger partial charge is 0.475 e. The van der Waals surface area contributed by atoms with Crippen LogP contribution in [0.3, 0.4) is 0 Å². The van der Waals surface area contributed by atoms with E-state index in [1.54, 1.807) is 0 Å². The van der Waals surface area contributed by atoms with E-state index >= 15 is 0 Å². The summed E-state index contributed by atoms with van der Waals surface area (Å²) in [7, 11) is 0. The lowest BCUT2D eigenvalue weighted by atomic mass is 10.3. The second kappa shape index (κ2) is 3.40. The van der Waals surface area contributed by atoms with Gasteiger partial charge in [-0.25, -0.2) is 0 Å². The summed E-state index contributed by atoms with van der Waals surface area (Å²) in [6.07, 6.45) is 2.24. The van der Waals surface area contributed by atoms with Crippen LogP contribution in [0.15, 0.2) is 24.0 Å². The fourth-order valence-electron chi connectivity index (χ4n) is 1.61. The van der Waals surface area contributed by atoms with E-state index in [0.29, 0.717) is 0 Å². The Morgan fingerprint density at radius 3 is 3.00 bits per heavy atom. The molecule has 0 aromatic carbocycles. The molecule has 1 aliphatic rings. The van der Waals surface area contributed by atoms with Gasteiger partial charge < -0.3 is 10.1 Å². The van der Waals surface area contributed by atoms with Gasteiger partial charge >= 0.3 is 0 Å². The third-order valence-corrected chi connectivity index (χ3v) is 2.25. The quantitative estimate of drug-likeness (QED) is 0.777. The van der Waals surface area contributed by atoms with Gasteiger partial charge in [0.15, 0.2) is 0 Å². The monoisotopic (exact) mass is 192 g/mol. The maximum Gasteiger partial charge on any atom is 0.217 e. The van der Waals surface area contributed by atoms with Gasteiger partial charge in [-0.15, -0.1) is 0 Å². The zero-order chi connectivity index (χ0) is 10.1. The molecule has 1 aromatic rings.